The maximum Gasteiger partial charge on any atom is 0.203 e. The van der Waals surface area contributed by atoms with Gasteiger partial charge < -0.3 is 9.88 Å². The van der Waals surface area contributed by atoms with E-state index in [1.54, 1.807) is 0 Å². The SMILES string of the molecule is Cc1ccc(N2CCN(Cc3ccc4c(=O)c(Br)c(C)[nH]c4c3)CC2)cc1. The number of halogens is 1. The number of hydrogen-bond acceptors (Lipinski definition) is 3. The number of hydrogen-bond donors (Lipinski definition) is 1. The smallest absolute Gasteiger partial charge is 0.203 e. The van der Waals surface area contributed by atoms with E-state index in [1.807, 2.05) is 13.0 Å². The van der Waals surface area contributed by atoms with Crippen molar-refractivity contribution in [3.05, 3.63) is 74.0 Å². The molecule has 1 N–H and O–H groups in total. The van der Waals surface area contributed by atoms with E-state index in [2.05, 4.69) is 74.0 Å². The summed E-state index contributed by atoms with van der Waals surface area (Å²) >= 11 is 3.37. The molecule has 0 saturated carbocycles. The van der Waals surface area contributed by atoms with Crippen LogP contribution < -0.4 is 10.3 Å². The number of aromatic amines is 1. The lowest BCUT2D eigenvalue weighted by Gasteiger charge is -2.36. The van der Waals surface area contributed by atoms with Crippen LogP contribution in [-0.4, -0.2) is 36.1 Å². The number of pyridine rings is 1. The van der Waals surface area contributed by atoms with Crippen molar-refractivity contribution in [2.75, 3.05) is 31.1 Å². The zero-order chi connectivity index (χ0) is 19.0. The molecule has 0 unspecified atom stereocenters. The van der Waals surface area contributed by atoms with E-state index in [1.165, 1.54) is 16.8 Å². The normalized spacial score (nSPS) is 15.4. The van der Waals surface area contributed by atoms with Gasteiger partial charge in [-0.15, -0.1) is 0 Å². The van der Waals surface area contributed by atoms with E-state index in [0.717, 1.165) is 49.3 Å². The Morgan fingerprint density at radius 1 is 1.00 bits per heavy atom. The number of aromatic nitrogens is 1. The molecule has 0 bridgehead atoms. The Morgan fingerprint density at radius 3 is 2.41 bits per heavy atom. The first kappa shape index (κ1) is 18.3. The van der Waals surface area contributed by atoms with Gasteiger partial charge in [0.1, 0.15) is 0 Å². The number of rotatable bonds is 3. The fraction of sp³-hybridized carbons (Fsp3) is 0.318. The van der Waals surface area contributed by atoms with Gasteiger partial charge in [-0.2, -0.15) is 0 Å². The summed E-state index contributed by atoms with van der Waals surface area (Å²) < 4.78 is 0.620. The summed E-state index contributed by atoms with van der Waals surface area (Å²) in [7, 11) is 0. The van der Waals surface area contributed by atoms with Crippen LogP contribution in [0.15, 0.2) is 51.7 Å². The van der Waals surface area contributed by atoms with Crippen LogP contribution in [0.1, 0.15) is 16.8 Å². The average molecular weight is 426 g/mol. The lowest BCUT2D eigenvalue weighted by atomic mass is 10.1. The number of aryl methyl sites for hydroxylation is 2. The Balaban J connectivity index is 1.45. The topological polar surface area (TPSA) is 39.3 Å². The van der Waals surface area contributed by atoms with Crippen molar-refractivity contribution >= 4 is 32.5 Å². The molecule has 27 heavy (non-hydrogen) atoms. The number of fused-ring (bicyclic) bond motifs is 1. The zero-order valence-corrected chi connectivity index (χ0v) is 17.3. The molecule has 4 rings (SSSR count). The highest BCUT2D eigenvalue weighted by Crippen LogP contribution is 2.20. The summed E-state index contributed by atoms with van der Waals surface area (Å²) in [5, 5.41) is 0.736. The molecule has 0 radical (unpaired) electrons. The van der Waals surface area contributed by atoms with E-state index in [4.69, 9.17) is 0 Å². The van der Waals surface area contributed by atoms with Gasteiger partial charge in [-0.25, -0.2) is 0 Å². The van der Waals surface area contributed by atoms with E-state index in [-0.39, 0.29) is 5.43 Å². The molecule has 2 aromatic carbocycles. The first-order valence-corrected chi connectivity index (χ1v) is 10.2. The van der Waals surface area contributed by atoms with Crippen molar-refractivity contribution in [2.24, 2.45) is 0 Å². The van der Waals surface area contributed by atoms with Gasteiger partial charge in [0.15, 0.2) is 0 Å². The number of H-pyrrole nitrogens is 1. The predicted octanol–water partition coefficient (Wildman–Crippen LogP) is 4.23. The minimum Gasteiger partial charge on any atom is -0.369 e. The van der Waals surface area contributed by atoms with Gasteiger partial charge in [-0.3, -0.25) is 9.69 Å². The molecule has 1 aromatic heterocycles. The van der Waals surface area contributed by atoms with Gasteiger partial charge in [0.25, 0.3) is 0 Å². The molecule has 4 nitrogen and oxygen atoms in total. The molecule has 0 spiro atoms. The third-order valence-electron chi connectivity index (χ3n) is 5.36. The Kier molecular flexibility index (Phi) is 5.06. The molecule has 3 aromatic rings. The van der Waals surface area contributed by atoms with E-state index in [9.17, 15) is 4.79 Å². The maximum atomic E-state index is 12.4. The van der Waals surface area contributed by atoms with Crippen LogP contribution in [-0.2, 0) is 6.54 Å². The molecular formula is C22H24BrN3O. The summed E-state index contributed by atoms with van der Waals surface area (Å²) in [5.74, 6) is 0. The summed E-state index contributed by atoms with van der Waals surface area (Å²) in [4.78, 5) is 20.6. The van der Waals surface area contributed by atoms with Crippen molar-refractivity contribution in [3.63, 3.8) is 0 Å². The van der Waals surface area contributed by atoms with Crippen LogP contribution in [0.3, 0.4) is 0 Å². The van der Waals surface area contributed by atoms with Crippen molar-refractivity contribution in [3.8, 4) is 0 Å². The second-order valence-electron chi connectivity index (χ2n) is 7.37. The van der Waals surface area contributed by atoms with Crippen LogP contribution in [0.2, 0.25) is 0 Å². The van der Waals surface area contributed by atoms with Crippen molar-refractivity contribution in [1.29, 1.82) is 0 Å². The molecule has 0 aliphatic carbocycles. The van der Waals surface area contributed by atoms with Gasteiger partial charge in [-0.05, 0) is 59.6 Å². The van der Waals surface area contributed by atoms with Crippen LogP contribution in [0, 0.1) is 13.8 Å². The zero-order valence-electron chi connectivity index (χ0n) is 15.8. The molecule has 1 saturated heterocycles. The second-order valence-corrected chi connectivity index (χ2v) is 8.16. The first-order chi connectivity index (χ1) is 13.0. The highest BCUT2D eigenvalue weighted by atomic mass is 79.9. The van der Waals surface area contributed by atoms with Crippen molar-refractivity contribution < 1.29 is 0 Å². The van der Waals surface area contributed by atoms with Crippen LogP contribution >= 0.6 is 15.9 Å². The van der Waals surface area contributed by atoms with Gasteiger partial charge in [0, 0.05) is 55.0 Å². The minimum atomic E-state index is 0.0551. The molecule has 0 atom stereocenters. The minimum absolute atomic E-state index is 0.0551. The van der Waals surface area contributed by atoms with E-state index >= 15 is 0 Å². The molecule has 140 valence electrons. The van der Waals surface area contributed by atoms with Crippen LogP contribution in [0.5, 0.6) is 0 Å². The van der Waals surface area contributed by atoms with Gasteiger partial charge >= 0.3 is 0 Å². The third-order valence-corrected chi connectivity index (χ3v) is 6.31. The molecule has 2 heterocycles. The summed E-state index contributed by atoms with van der Waals surface area (Å²) in [6.45, 7) is 9.12. The lowest BCUT2D eigenvalue weighted by molar-refractivity contribution is 0.250. The molecular weight excluding hydrogens is 402 g/mol. The van der Waals surface area contributed by atoms with Crippen molar-refractivity contribution in [1.82, 2.24) is 9.88 Å². The van der Waals surface area contributed by atoms with Crippen molar-refractivity contribution in [2.45, 2.75) is 20.4 Å². The molecule has 1 aliphatic heterocycles. The molecule has 0 amide bonds. The number of nitrogens with zero attached hydrogens (tertiary/aromatic N) is 2. The maximum absolute atomic E-state index is 12.4. The average Bonchev–Trinajstić information content (AvgIpc) is 2.67. The Morgan fingerprint density at radius 2 is 1.70 bits per heavy atom. The van der Waals surface area contributed by atoms with E-state index in [0.29, 0.717) is 4.47 Å². The van der Waals surface area contributed by atoms with Crippen LogP contribution in [0.25, 0.3) is 10.9 Å². The van der Waals surface area contributed by atoms with Gasteiger partial charge in [0.05, 0.1) is 4.47 Å². The summed E-state index contributed by atoms with van der Waals surface area (Å²) in [5.41, 5.74) is 5.69. The molecule has 1 aliphatic rings. The molecule has 1 fully saturated rings. The number of nitrogens with one attached hydrogen (secondary N) is 1. The van der Waals surface area contributed by atoms with Gasteiger partial charge in [0.2, 0.25) is 5.43 Å². The second kappa shape index (κ2) is 7.49. The fourth-order valence-electron chi connectivity index (χ4n) is 3.71. The third kappa shape index (κ3) is 3.80. The standard InChI is InChI=1S/C22H24BrN3O/c1-15-3-6-18(7-4-15)26-11-9-25(10-12-26)14-17-5-8-19-20(13-17)24-16(2)21(23)22(19)27/h3-8,13H,9-12,14H2,1-2H3,(H,24,27). The molecule has 5 heteroatoms. The Hall–Kier alpha value is -2.11. The predicted molar refractivity (Wildman–Crippen MR) is 116 cm³/mol. The monoisotopic (exact) mass is 425 g/mol. The Labute approximate surface area is 167 Å². The van der Waals surface area contributed by atoms with Crippen LogP contribution in [0.4, 0.5) is 5.69 Å². The van der Waals surface area contributed by atoms with E-state index < -0.39 is 0 Å². The quantitative estimate of drug-likeness (QED) is 0.682. The highest BCUT2D eigenvalue weighted by molar-refractivity contribution is 9.10. The Bertz CT molecular complexity index is 1020. The number of piperazine rings is 1. The lowest BCUT2D eigenvalue weighted by Crippen LogP contribution is -2.45. The highest BCUT2D eigenvalue weighted by Gasteiger charge is 2.17. The largest absolute Gasteiger partial charge is 0.369 e. The van der Waals surface area contributed by atoms with Gasteiger partial charge in [-0.1, -0.05) is 23.8 Å². The summed E-state index contributed by atoms with van der Waals surface area (Å²) in [6, 6.07) is 14.9. The number of benzene rings is 2. The first-order valence-electron chi connectivity index (χ1n) is 9.36. The number of anilines is 1. The summed E-state index contributed by atoms with van der Waals surface area (Å²) in [6.07, 6.45) is 0. The fourth-order valence-corrected chi connectivity index (χ4v) is 4.03.